The molecular weight excluding hydrogens is 454 g/mol. The summed E-state index contributed by atoms with van der Waals surface area (Å²) in [6, 6.07) is 14.6. The summed E-state index contributed by atoms with van der Waals surface area (Å²) in [5.74, 6) is -0.787. The van der Waals surface area contributed by atoms with Gasteiger partial charge in [0.15, 0.2) is 0 Å². The van der Waals surface area contributed by atoms with Gasteiger partial charge in [0.05, 0.1) is 10.4 Å². The number of carbonyl (C=O) groups excluding carboxylic acids is 1. The van der Waals surface area contributed by atoms with Crippen LogP contribution in [-0.2, 0) is 16.6 Å². The number of hydrogen-bond donors (Lipinski definition) is 2. The molecule has 2 aromatic carbocycles. The van der Waals surface area contributed by atoms with Gasteiger partial charge in [-0.1, -0.05) is 41.4 Å². The molecule has 1 saturated heterocycles. The average molecular weight is 475 g/mol. The third-order valence-corrected chi connectivity index (χ3v) is 8.01. The number of thiophene rings is 1. The molecule has 0 bridgehead atoms. The van der Waals surface area contributed by atoms with Crippen molar-refractivity contribution in [3.05, 3.63) is 85.8 Å². The van der Waals surface area contributed by atoms with Crippen LogP contribution in [0.2, 0.25) is 10.0 Å². The Hall–Kier alpha value is -1.92. The fraction of sp³-hybridized carbons (Fsp3) is 0.292. The maximum absolute atomic E-state index is 14.6. The molecule has 0 radical (unpaired) electrons. The molecule has 2 N–H and O–H groups in total. The van der Waals surface area contributed by atoms with Crippen molar-refractivity contribution in [1.29, 1.82) is 0 Å². The van der Waals surface area contributed by atoms with Gasteiger partial charge in [-0.2, -0.15) is 0 Å². The molecule has 1 aromatic heterocycles. The second-order valence-electron chi connectivity index (χ2n) is 8.18. The first-order valence-corrected chi connectivity index (χ1v) is 12.0. The summed E-state index contributed by atoms with van der Waals surface area (Å²) < 4.78 is 14.6. The van der Waals surface area contributed by atoms with Gasteiger partial charge in [-0.05, 0) is 66.1 Å². The summed E-state index contributed by atoms with van der Waals surface area (Å²) >= 11 is 14.1. The molecule has 1 amide bonds. The second kappa shape index (κ2) is 8.21. The van der Waals surface area contributed by atoms with Crippen LogP contribution in [-0.4, -0.2) is 18.5 Å². The van der Waals surface area contributed by atoms with Crippen molar-refractivity contribution in [2.45, 2.75) is 36.6 Å². The number of fused-ring (bicyclic) bond motifs is 2. The standard InChI is InChI=1S/C24H21Cl2FN2OS/c25-15-5-1-4-14(10-15)18-13-28-22(8-2-6-16-7-3-9-31-16)24(18)17-11-20(27)19(26)12-21(17)29-23(24)30/h1,3-5,7,9-12,18,22,28H,2,6,8,13H2,(H,29,30)/t18-,22-,24-/m1/s1. The van der Waals surface area contributed by atoms with Gasteiger partial charge in [0.25, 0.3) is 0 Å². The first kappa shape index (κ1) is 21.0. The van der Waals surface area contributed by atoms with Gasteiger partial charge < -0.3 is 10.6 Å². The quantitative estimate of drug-likeness (QED) is 0.464. The van der Waals surface area contributed by atoms with Gasteiger partial charge in [-0.25, -0.2) is 4.39 Å². The SMILES string of the molecule is O=C1Nc2cc(Cl)c(F)cc2[C@]12[C@@H](c1cccc(Cl)c1)CN[C@@H]2CCCc1cccs1. The van der Waals surface area contributed by atoms with E-state index in [0.717, 1.165) is 24.8 Å². The number of benzene rings is 2. The van der Waals surface area contributed by atoms with Crippen molar-refractivity contribution in [2.75, 3.05) is 11.9 Å². The van der Waals surface area contributed by atoms with E-state index in [0.29, 0.717) is 22.8 Å². The van der Waals surface area contributed by atoms with Crippen LogP contribution in [0.5, 0.6) is 0 Å². The van der Waals surface area contributed by atoms with E-state index >= 15 is 0 Å². The Kier molecular flexibility index (Phi) is 5.55. The Morgan fingerprint density at radius 1 is 1.16 bits per heavy atom. The Balaban J connectivity index is 1.57. The number of anilines is 1. The van der Waals surface area contributed by atoms with Crippen LogP contribution in [0.1, 0.15) is 34.8 Å². The summed E-state index contributed by atoms with van der Waals surface area (Å²) in [7, 11) is 0. The number of hydrogen-bond acceptors (Lipinski definition) is 3. The molecule has 3 atom stereocenters. The Bertz CT molecular complexity index is 1140. The molecule has 31 heavy (non-hydrogen) atoms. The lowest BCUT2D eigenvalue weighted by Crippen LogP contribution is -2.48. The highest BCUT2D eigenvalue weighted by Crippen LogP contribution is 2.54. The van der Waals surface area contributed by atoms with Crippen molar-refractivity contribution < 1.29 is 9.18 Å². The monoisotopic (exact) mass is 474 g/mol. The first-order valence-electron chi connectivity index (χ1n) is 10.3. The molecule has 160 valence electrons. The number of carbonyl (C=O) groups is 1. The predicted molar refractivity (Wildman–Crippen MR) is 125 cm³/mol. The highest BCUT2D eigenvalue weighted by molar-refractivity contribution is 7.09. The number of rotatable bonds is 5. The lowest BCUT2D eigenvalue weighted by atomic mass is 9.65. The van der Waals surface area contributed by atoms with E-state index in [-0.39, 0.29) is 22.9 Å². The summed E-state index contributed by atoms with van der Waals surface area (Å²) in [6.07, 6.45) is 2.68. The first-order chi connectivity index (χ1) is 15.0. The van der Waals surface area contributed by atoms with E-state index in [9.17, 15) is 9.18 Å². The predicted octanol–water partition coefficient (Wildman–Crippen LogP) is 6.16. The molecule has 2 aliphatic heterocycles. The van der Waals surface area contributed by atoms with E-state index < -0.39 is 11.2 Å². The largest absolute Gasteiger partial charge is 0.325 e. The molecule has 5 rings (SSSR count). The highest BCUT2D eigenvalue weighted by Gasteiger charge is 2.60. The van der Waals surface area contributed by atoms with Gasteiger partial charge in [0.2, 0.25) is 5.91 Å². The minimum Gasteiger partial charge on any atom is -0.325 e. The Morgan fingerprint density at radius 3 is 2.81 bits per heavy atom. The van der Waals surface area contributed by atoms with E-state index in [1.807, 2.05) is 24.3 Å². The van der Waals surface area contributed by atoms with Gasteiger partial charge in [-0.3, -0.25) is 4.79 Å². The van der Waals surface area contributed by atoms with E-state index in [1.54, 1.807) is 11.3 Å². The zero-order valence-corrected chi connectivity index (χ0v) is 19.0. The fourth-order valence-corrected chi connectivity index (χ4v) is 6.34. The number of aryl methyl sites for hydroxylation is 1. The molecular formula is C24H21Cl2FN2OS. The lowest BCUT2D eigenvalue weighted by Gasteiger charge is -2.34. The molecule has 3 heterocycles. The van der Waals surface area contributed by atoms with Crippen LogP contribution in [0.25, 0.3) is 0 Å². The van der Waals surface area contributed by atoms with Crippen molar-refractivity contribution in [3.63, 3.8) is 0 Å². The van der Waals surface area contributed by atoms with Crippen LogP contribution in [0.15, 0.2) is 53.9 Å². The van der Waals surface area contributed by atoms with E-state index in [4.69, 9.17) is 23.2 Å². The van der Waals surface area contributed by atoms with Gasteiger partial charge >= 0.3 is 0 Å². The highest BCUT2D eigenvalue weighted by atomic mass is 35.5. The molecule has 7 heteroatoms. The van der Waals surface area contributed by atoms with Crippen molar-refractivity contribution in [2.24, 2.45) is 0 Å². The molecule has 2 aliphatic rings. The van der Waals surface area contributed by atoms with E-state index in [1.165, 1.54) is 17.0 Å². The zero-order chi connectivity index (χ0) is 21.6. The Labute approximate surface area is 194 Å². The molecule has 0 aliphatic carbocycles. The van der Waals surface area contributed by atoms with Crippen LogP contribution in [0.4, 0.5) is 10.1 Å². The normalized spacial score (nSPS) is 24.5. The fourth-order valence-electron chi connectivity index (χ4n) is 5.23. The smallest absolute Gasteiger partial charge is 0.237 e. The van der Waals surface area contributed by atoms with Crippen LogP contribution < -0.4 is 10.6 Å². The van der Waals surface area contributed by atoms with Gasteiger partial charge in [0.1, 0.15) is 5.82 Å². The third kappa shape index (κ3) is 3.48. The topological polar surface area (TPSA) is 41.1 Å². The second-order valence-corrected chi connectivity index (χ2v) is 10.1. The van der Waals surface area contributed by atoms with Crippen molar-refractivity contribution in [1.82, 2.24) is 5.32 Å². The van der Waals surface area contributed by atoms with Crippen LogP contribution in [0, 0.1) is 5.82 Å². The minimum atomic E-state index is -0.916. The average Bonchev–Trinajstić information content (AvgIpc) is 3.44. The third-order valence-electron chi connectivity index (χ3n) is 6.54. The maximum atomic E-state index is 14.6. The van der Waals surface area contributed by atoms with Gasteiger partial charge in [-0.15, -0.1) is 11.3 Å². The molecule has 3 nitrogen and oxygen atoms in total. The molecule has 0 saturated carbocycles. The minimum absolute atomic E-state index is 0.00982. The van der Waals surface area contributed by atoms with Gasteiger partial charge in [0, 0.05) is 34.1 Å². The van der Waals surface area contributed by atoms with Crippen molar-refractivity contribution in [3.8, 4) is 0 Å². The Morgan fingerprint density at radius 2 is 2.03 bits per heavy atom. The number of nitrogens with one attached hydrogen (secondary N) is 2. The number of amides is 1. The summed E-state index contributed by atoms with van der Waals surface area (Å²) in [5.41, 5.74) is 1.32. The molecule has 0 unspecified atom stereocenters. The van der Waals surface area contributed by atoms with Crippen LogP contribution in [0.3, 0.4) is 0 Å². The number of halogens is 3. The summed E-state index contributed by atoms with van der Waals surface area (Å²) in [5, 5.41) is 9.28. The maximum Gasteiger partial charge on any atom is 0.237 e. The zero-order valence-electron chi connectivity index (χ0n) is 16.6. The summed E-state index contributed by atoms with van der Waals surface area (Å²) in [6.45, 7) is 0.612. The van der Waals surface area contributed by atoms with Crippen molar-refractivity contribution >= 4 is 46.1 Å². The molecule has 1 fully saturated rings. The van der Waals surface area contributed by atoms with E-state index in [2.05, 4.69) is 28.1 Å². The van der Waals surface area contributed by atoms with Crippen LogP contribution >= 0.6 is 34.5 Å². The molecule has 1 spiro atoms. The lowest BCUT2D eigenvalue weighted by molar-refractivity contribution is -0.121. The molecule has 3 aromatic rings. The summed E-state index contributed by atoms with van der Waals surface area (Å²) in [4.78, 5) is 14.9.